The summed E-state index contributed by atoms with van der Waals surface area (Å²) in [6.07, 6.45) is 4.53. The van der Waals surface area contributed by atoms with Gasteiger partial charge >= 0.3 is 0 Å². The molecule has 150 valence electrons. The van der Waals surface area contributed by atoms with Crippen LogP contribution in [0.25, 0.3) is 22.2 Å². The van der Waals surface area contributed by atoms with E-state index in [1.165, 1.54) is 12.8 Å². The number of aromatic nitrogens is 1. The Bertz CT molecular complexity index is 1060. The zero-order chi connectivity index (χ0) is 20.1. The first-order valence-electron chi connectivity index (χ1n) is 10.4. The number of carbonyl (C=O) groups excluding carboxylic acids is 1. The average Bonchev–Trinajstić information content (AvgIpc) is 3.11. The Labute approximate surface area is 170 Å². The summed E-state index contributed by atoms with van der Waals surface area (Å²) < 4.78 is 2.08. The molecular formula is C24H27N3O2. The Balaban J connectivity index is 1.54. The number of hydrogen-bond acceptors (Lipinski definition) is 3. The number of phenols is 1. The summed E-state index contributed by atoms with van der Waals surface area (Å²) in [6, 6.07) is 16.5. The number of phenolic OH excluding ortho intramolecular Hbond substituents is 1. The quantitative estimate of drug-likeness (QED) is 0.714. The molecule has 5 heteroatoms. The maximum atomic E-state index is 13.5. The number of piperidine rings is 1. The number of nitrogens with one attached hydrogen (secondary N) is 1. The number of aromatic hydroxyl groups is 1. The highest BCUT2D eigenvalue weighted by Crippen LogP contribution is 2.36. The van der Waals surface area contributed by atoms with Crippen molar-refractivity contribution in [3.8, 4) is 17.0 Å². The summed E-state index contributed by atoms with van der Waals surface area (Å²) in [7, 11) is 4.21. The number of amides is 1. The van der Waals surface area contributed by atoms with Crippen molar-refractivity contribution in [1.29, 1.82) is 0 Å². The molecule has 0 radical (unpaired) electrons. The van der Waals surface area contributed by atoms with E-state index >= 15 is 0 Å². The van der Waals surface area contributed by atoms with E-state index in [0.29, 0.717) is 12.1 Å². The average molecular weight is 389 g/mol. The molecule has 5 rings (SSSR count). The van der Waals surface area contributed by atoms with Crippen molar-refractivity contribution in [3.63, 3.8) is 0 Å². The summed E-state index contributed by atoms with van der Waals surface area (Å²) in [4.78, 5) is 16.0. The van der Waals surface area contributed by atoms with Crippen LogP contribution in [0.5, 0.6) is 5.75 Å². The minimum atomic E-state index is -0.00109. The predicted octanol–water partition coefficient (Wildman–Crippen LogP) is 3.91. The summed E-state index contributed by atoms with van der Waals surface area (Å²) >= 11 is 0. The molecule has 0 spiro atoms. The van der Waals surface area contributed by atoms with E-state index in [1.807, 2.05) is 43.4 Å². The number of nitrogens with zero attached hydrogens (tertiary/aromatic N) is 2. The van der Waals surface area contributed by atoms with E-state index in [-0.39, 0.29) is 17.7 Å². The Morgan fingerprint density at radius 2 is 1.66 bits per heavy atom. The molecule has 0 aliphatic carbocycles. The Morgan fingerprint density at radius 1 is 1.00 bits per heavy atom. The van der Waals surface area contributed by atoms with Crippen LogP contribution < -0.4 is 5.32 Å². The summed E-state index contributed by atoms with van der Waals surface area (Å²) in [5.41, 5.74) is 3.57. The van der Waals surface area contributed by atoms with E-state index < -0.39 is 0 Å². The number of para-hydroxylation sites is 1. The standard InChI is InChI=1S/C24H27N3O2/c1-26-17-9-10-18(26)14-16(13-17)25-24(29)22-20-5-3-4-6-21(20)27(2)23(22)15-7-11-19(28)12-8-15/h3-8,11-12,16-18,28H,9-10,13-14H2,1-2H3,(H,25,29). The summed E-state index contributed by atoms with van der Waals surface area (Å²) in [5.74, 6) is 0.221. The van der Waals surface area contributed by atoms with Gasteiger partial charge in [-0.05, 0) is 68.6 Å². The number of aryl methyl sites for hydroxylation is 1. The lowest BCUT2D eigenvalue weighted by Gasteiger charge is -2.36. The van der Waals surface area contributed by atoms with Crippen LogP contribution in [0, 0.1) is 0 Å². The zero-order valence-electron chi connectivity index (χ0n) is 16.9. The van der Waals surface area contributed by atoms with Crippen molar-refractivity contribution in [2.45, 2.75) is 43.8 Å². The summed E-state index contributed by atoms with van der Waals surface area (Å²) in [5, 5.41) is 14.0. The van der Waals surface area contributed by atoms with Gasteiger partial charge in [0.1, 0.15) is 5.75 Å². The smallest absolute Gasteiger partial charge is 0.254 e. The van der Waals surface area contributed by atoms with Crippen molar-refractivity contribution >= 4 is 16.8 Å². The van der Waals surface area contributed by atoms with E-state index in [2.05, 4.69) is 21.8 Å². The second-order valence-corrected chi connectivity index (χ2v) is 8.54. The van der Waals surface area contributed by atoms with E-state index in [1.54, 1.807) is 12.1 Å². The van der Waals surface area contributed by atoms with Crippen LogP contribution in [0.1, 0.15) is 36.0 Å². The highest BCUT2D eigenvalue weighted by atomic mass is 16.3. The maximum Gasteiger partial charge on any atom is 0.254 e. The number of rotatable bonds is 3. The van der Waals surface area contributed by atoms with Crippen molar-refractivity contribution in [2.75, 3.05) is 7.05 Å². The van der Waals surface area contributed by atoms with Gasteiger partial charge in [-0.2, -0.15) is 0 Å². The van der Waals surface area contributed by atoms with Gasteiger partial charge < -0.3 is 19.9 Å². The molecule has 29 heavy (non-hydrogen) atoms. The van der Waals surface area contributed by atoms with Gasteiger partial charge in [-0.3, -0.25) is 4.79 Å². The molecule has 2 aliphatic rings. The fraction of sp³-hybridized carbons (Fsp3) is 0.375. The molecule has 2 bridgehead atoms. The lowest BCUT2D eigenvalue weighted by Crippen LogP contribution is -2.48. The van der Waals surface area contributed by atoms with Crippen molar-refractivity contribution in [3.05, 3.63) is 54.1 Å². The molecule has 1 aromatic heterocycles. The molecule has 2 N–H and O–H groups in total. The van der Waals surface area contributed by atoms with Crippen molar-refractivity contribution in [1.82, 2.24) is 14.8 Å². The first kappa shape index (κ1) is 18.3. The van der Waals surface area contributed by atoms with Gasteiger partial charge in [0.15, 0.2) is 0 Å². The molecule has 2 atom stereocenters. The number of benzene rings is 2. The Kier molecular flexibility index (Phi) is 4.36. The van der Waals surface area contributed by atoms with Gasteiger partial charge in [0.25, 0.3) is 5.91 Å². The van der Waals surface area contributed by atoms with Crippen molar-refractivity contribution < 1.29 is 9.90 Å². The van der Waals surface area contributed by atoms with E-state index in [9.17, 15) is 9.90 Å². The number of carbonyl (C=O) groups is 1. The SMILES string of the molecule is CN1C2CCC1CC(NC(=O)c1c(-c3ccc(O)cc3)n(C)c3ccccc13)C2. The molecule has 0 saturated carbocycles. The Morgan fingerprint density at radius 3 is 2.34 bits per heavy atom. The molecular weight excluding hydrogens is 362 g/mol. The van der Waals surface area contributed by atoms with Gasteiger partial charge in [-0.15, -0.1) is 0 Å². The minimum absolute atomic E-state index is 0.00109. The van der Waals surface area contributed by atoms with Gasteiger partial charge in [0.2, 0.25) is 0 Å². The van der Waals surface area contributed by atoms with Gasteiger partial charge in [0.05, 0.1) is 11.3 Å². The van der Waals surface area contributed by atoms with Crippen LogP contribution in [0.4, 0.5) is 0 Å². The third-order valence-electron chi connectivity index (χ3n) is 6.91. The minimum Gasteiger partial charge on any atom is -0.508 e. The molecule has 5 nitrogen and oxygen atoms in total. The van der Waals surface area contributed by atoms with Crippen molar-refractivity contribution in [2.24, 2.45) is 7.05 Å². The first-order chi connectivity index (χ1) is 14.0. The number of hydrogen-bond donors (Lipinski definition) is 2. The molecule has 3 heterocycles. The summed E-state index contributed by atoms with van der Waals surface area (Å²) in [6.45, 7) is 0. The second kappa shape index (κ2) is 6.92. The van der Waals surface area contributed by atoms with Crippen LogP contribution in [0.3, 0.4) is 0 Å². The van der Waals surface area contributed by atoms with Gasteiger partial charge in [-0.25, -0.2) is 0 Å². The van der Waals surface area contributed by atoms with Crippen LogP contribution in [0.15, 0.2) is 48.5 Å². The maximum absolute atomic E-state index is 13.5. The highest BCUT2D eigenvalue weighted by Gasteiger charge is 2.39. The molecule has 2 aromatic carbocycles. The molecule has 3 aromatic rings. The van der Waals surface area contributed by atoms with E-state index in [4.69, 9.17) is 0 Å². The number of fused-ring (bicyclic) bond motifs is 3. The Hall–Kier alpha value is -2.79. The lowest BCUT2D eigenvalue weighted by molar-refractivity contribution is 0.0884. The first-order valence-corrected chi connectivity index (χ1v) is 10.4. The third-order valence-corrected chi connectivity index (χ3v) is 6.91. The van der Waals surface area contributed by atoms with Gasteiger partial charge in [0, 0.05) is 36.1 Å². The van der Waals surface area contributed by atoms with Crippen LogP contribution in [0.2, 0.25) is 0 Å². The third kappa shape index (κ3) is 3.01. The lowest BCUT2D eigenvalue weighted by atomic mass is 9.97. The molecule has 1 amide bonds. The molecule has 2 unspecified atom stereocenters. The molecule has 2 aliphatic heterocycles. The normalized spacial score (nSPS) is 24.1. The fourth-order valence-corrected chi connectivity index (χ4v) is 5.37. The largest absolute Gasteiger partial charge is 0.508 e. The van der Waals surface area contributed by atoms with Crippen LogP contribution in [-0.2, 0) is 7.05 Å². The van der Waals surface area contributed by atoms with Gasteiger partial charge in [-0.1, -0.05) is 18.2 Å². The van der Waals surface area contributed by atoms with Crippen LogP contribution >= 0.6 is 0 Å². The second-order valence-electron chi connectivity index (χ2n) is 8.54. The zero-order valence-corrected chi connectivity index (χ0v) is 16.9. The van der Waals surface area contributed by atoms with E-state index in [0.717, 1.165) is 40.6 Å². The highest BCUT2D eigenvalue weighted by molar-refractivity contribution is 6.12. The molecule has 2 saturated heterocycles. The molecule has 2 fully saturated rings. The van der Waals surface area contributed by atoms with Crippen LogP contribution in [-0.4, -0.2) is 45.7 Å². The topological polar surface area (TPSA) is 57.5 Å². The predicted molar refractivity (Wildman–Crippen MR) is 115 cm³/mol. The fourth-order valence-electron chi connectivity index (χ4n) is 5.37. The monoisotopic (exact) mass is 389 g/mol.